The molecule has 0 saturated heterocycles. The smallest absolute Gasteiger partial charge is 0.221 e. The molecule has 3 rings (SSSR count). The van der Waals surface area contributed by atoms with Crippen LogP contribution in [0, 0.1) is 0 Å². The summed E-state index contributed by atoms with van der Waals surface area (Å²) in [6, 6.07) is 17.4. The Balaban J connectivity index is 2.09. The van der Waals surface area contributed by atoms with E-state index in [2.05, 4.69) is 9.97 Å². The van der Waals surface area contributed by atoms with Gasteiger partial charge in [0.25, 0.3) is 0 Å². The average molecular weight is 307 g/mol. The summed E-state index contributed by atoms with van der Waals surface area (Å²) < 4.78 is 10.6. The van der Waals surface area contributed by atoms with Crippen LogP contribution in [0.25, 0.3) is 22.5 Å². The van der Waals surface area contributed by atoms with Crippen LogP contribution in [0.2, 0.25) is 0 Å². The fourth-order valence-electron chi connectivity index (χ4n) is 2.37. The zero-order valence-electron chi connectivity index (χ0n) is 13.0. The number of methoxy groups -OCH3 is 2. The Morgan fingerprint density at radius 2 is 1.39 bits per heavy atom. The largest absolute Gasteiger partial charge is 0.493 e. The molecule has 0 aliphatic rings. The van der Waals surface area contributed by atoms with Gasteiger partial charge in [-0.2, -0.15) is 0 Å². The summed E-state index contributed by atoms with van der Waals surface area (Å²) in [6.07, 6.45) is 0. The highest BCUT2D eigenvalue weighted by molar-refractivity contribution is 5.70. The molecule has 0 amide bonds. The van der Waals surface area contributed by atoms with Crippen LogP contribution >= 0.6 is 0 Å². The van der Waals surface area contributed by atoms with Crippen molar-refractivity contribution < 1.29 is 9.47 Å². The van der Waals surface area contributed by atoms with Gasteiger partial charge in [-0.1, -0.05) is 30.3 Å². The number of nitrogens with two attached hydrogens (primary N) is 1. The van der Waals surface area contributed by atoms with Crippen LogP contribution in [0.15, 0.2) is 54.6 Å². The van der Waals surface area contributed by atoms with Gasteiger partial charge in [-0.15, -0.1) is 0 Å². The molecule has 2 aromatic carbocycles. The molecular weight excluding hydrogens is 290 g/mol. The molecule has 116 valence electrons. The molecule has 1 heterocycles. The van der Waals surface area contributed by atoms with Gasteiger partial charge in [0.15, 0.2) is 11.5 Å². The zero-order chi connectivity index (χ0) is 16.2. The predicted molar refractivity (Wildman–Crippen MR) is 90.4 cm³/mol. The summed E-state index contributed by atoms with van der Waals surface area (Å²) in [5.74, 6) is 1.54. The normalized spacial score (nSPS) is 10.3. The van der Waals surface area contributed by atoms with E-state index in [0.29, 0.717) is 11.5 Å². The second-order valence-corrected chi connectivity index (χ2v) is 4.93. The summed E-state index contributed by atoms with van der Waals surface area (Å²) in [4.78, 5) is 8.65. The summed E-state index contributed by atoms with van der Waals surface area (Å²) in [5, 5.41) is 0. The average Bonchev–Trinajstić information content (AvgIpc) is 2.61. The van der Waals surface area contributed by atoms with Crippen molar-refractivity contribution in [2.24, 2.45) is 0 Å². The van der Waals surface area contributed by atoms with Crippen molar-refractivity contribution in [3.05, 3.63) is 54.6 Å². The maximum Gasteiger partial charge on any atom is 0.221 e. The molecule has 23 heavy (non-hydrogen) atoms. The Bertz CT molecular complexity index is 820. The summed E-state index contributed by atoms with van der Waals surface area (Å²) in [5.41, 5.74) is 9.27. The van der Waals surface area contributed by atoms with Gasteiger partial charge in [-0.05, 0) is 24.3 Å². The minimum Gasteiger partial charge on any atom is -0.493 e. The van der Waals surface area contributed by atoms with E-state index in [1.807, 2.05) is 54.6 Å². The standard InChI is InChI=1S/C18H17N3O2/c1-22-16-9-8-13(10-17(16)23-2)15-11-14(20-18(19)21-15)12-6-4-3-5-7-12/h3-11H,1-2H3,(H2,19,20,21). The molecule has 5 nitrogen and oxygen atoms in total. The van der Waals surface area contributed by atoms with Gasteiger partial charge in [0, 0.05) is 11.1 Å². The number of rotatable bonds is 4. The maximum absolute atomic E-state index is 5.88. The molecule has 3 aromatic rings. The minimum atomic E-state index is 0.233. The molecule has 0 bridgehead atoms. The first kappa shape index (κ1) is 14.8. The van der Waals surface area contributed by atoms with Gasteiger partial charge < -0.3 is 15.2 Å². The van der Waals surface area contributed by atoms with Crippen molar-refractivity contribution in [1.82, 2.24) is 9.97 Å². The molecule has 0 aliphatic heterocycles. The first-order valence-corrected chi connectivity index (χ1v) is 7.13. The van der Waals surface area contributed by atoms with E-state index in [1.54, 1.807) is 14.2 Å². The molecule has 2 N–H and O–H groups in total. The number of hydrogen-bond acceptors (Lipinski definition) is 5. The number of aromatic nitrogens is 2. The lowest BCUT2D eigenvalue weighted by atomic mass is 10.1. The molecule has 5 heteroatoms. The summed E-state index contributed by atoms with van der Waals surface area (Å²) >= 11 is 0. The topological polar surface area (TPSA) is 70.3 Å². The molecule has 0 aliphatic carbocycles. The lowest BCUT2D eigenvalue weighted by Crippen LogP contribution is -1.99. The van der Waals surface area contributed by atoms with Crippen LogP contribution in [0.5, 0.6) is 11.5 Å². The van der Waals surface area contributed by atoms with Crippen LogP contribution in [0.4, 0.5) is 5.95 Å². The molecular formula is C18H17N3O2. The number of nitrogen functional groups attached to an aromatic ring is 1. The van der Waals surface area contributed by atoms with Crippen molar-refractivity contribution in [2.75, 3.05) is 20.0 Å². The van der Waals surface area contributed by atoms with Crippen molar-refractivity contribution in [3.63, 3.8) is 0 Å². The van der Waals surface area contributed by atoms with Gasteiger partial charge in [-0.3, -0.25) is 0 Å². The van der Waals surface area contributed by atoms with E-state index in [0.717, 1.165) is 22.5 Å². The Labute approximate surface area is 134 Å². The van der Waals surface area contributed by atoms with Crippen LogP contribution in [0.1, 0.15) is 0 Å². The first-order valence-electron chi connectivity index (χ1n) is 7.13. The lowest BCUT2D eigenvalue weighted by molar-refractivity contribution is 0.355. The maximum atomic E-state index is 5.88. The van der Waals surface area contributed by atoms with E-state index in [4.69, 9.17) is 15.2 Å². The molecule has 0 unspecified atom stereocenters. The SMILES string of the molecule is COc1ccc(-c2cc(-c3ccccc3)nc(N)n2)cc1OC. The van der Waals surface area contributed by atoms with E-state index in [1.165, 1.54) is 0 Å². The predicted octanol–water partition coefficient (Wildman–Crippen LogP) is 3.41. The quantitative estimate of drug-likeness (QED) is 0.800. The van der Waals surface area contributed by atoms with E-state index >= 15 is 0 Å². The van der Waals surface area contributed by atoms with Crippen molar-refractivity contribution in [2.45, 2.75) is 0 Å². The zero-order valence-corrected chi connectivity index (χ0v) is 13.0. The molecule has 0 radical (unpaired) electrons. The van der Waals surface area contributed by atoms with Crippen LogP contribution in [0.3, 0.4) is 0 Å². The summed E-state index contributed by atoms with van der Waals surface area (Å²) in [6.45, 7) is 0. The lowest BCUT2D eigenvalue weighted by Gasteiger charge is -2.10. The van der Waals surface area contributed by atoms with Gasteiger partial charge in [0.2, 0.25) is 5.95 Å². The van der Waals surface area contributed by atoms with Crippen molar-refractivity contribution >= 4 is 5.95 Å². The second-order valence-electron chi connectivity index (χ2n) is 4.93. The van der Waals surface area contributed by atoms with Crippen LogP contribution in [-0.2, 0) is 0 Å². The molecule has 0 atom stereocenters. The van der Waals surface area contributed by atoms with Crippen LogP contribution in [-0.4, -0.2) is 24.2 Å². The second kappa shape index (κ2) is 6.36. The van der Waals surface area contributed by atoms with E-state index < -0.39 is 0 Å². The number of benzene rings is 2. The number of nitrogens with zero attached hydrogens (tertiary/aromatic N) is 2. The molecule has 0 saturated carbocycles. The Kier molecular flexibility index (Phi) is 4.10. The number of ether oxygens (including phenoxy) is 2. The third kappa shape index (κ3) is 3.08. The third-order valence-corrected chi connectivity index (χ3v) is 3.49. The molecule has 1 aromatic heterocycles. The van der Waals surface area contributed by atoms with Crippen LogP contribution < -0.4 is 15.2 Å². The summed E-state index contributed by atoms with van der Waals surface area (Å²) in [7, 11) is 3.21. The van der Waals surface area contributed by atoms with Gasteiger partial charge in [0.05, 0.1) is 25.6 Å². The van der Waals surface area contributed by atoms with Gasteiger partial charge in [0.1, 0.15) is 0 Å². The molecule has 0 fully saturated rings. The highest BCUT2D eigenvalue weighted by Gasteiger charge is 2.10. The van der Waals surface area contributed by atoms with Crippen molar-refractivity contribution in [3.8, 4) is 34.0 Å². The minimum absolute atomic E-state index is 0.233. The molecule has 0 spiro atoms. The third-order valence-electron chi connectivity index (χ3n) is 3.49. The fraction of sp³-hybridized carbons (Fsp3) is 0.111. The van der Waals surface area contributed by atoms with E-state index in [-0.39, 0.29) is 5.95 Å². The Morgan fingerprint density at radius 1 is 0.739 bits per heavy atom. The highest BCUT2D eigenvalue weighted by Crippen LogP contribution is 2.32. The monoisotopic (exact) mass is 307 g/mol. The number of hydrogen-bond donors (Lipinski definition) is 1. The fourth-order valence-corrected chi connectivity index (χ4v) is 2.37. The van der Waals surface area contributed by atoms with Crippen molar-refractivity contribution in [1.29, 1.82) is 0 Å². The van der Waals surface area contributed by atoms with E-state index in [9.17, 15) is 0 Å². The Morgan fingerprint density at radius 3 is 2.04 bits per heavy atom. The first-order chi connectivity index (χ1) is 11.2. The van der Waals surface area contributed by atoms with Gasteiger partial charge >= 0.3 is 0 Å². The highest BCUT2D eigenvalue weighted by atomic mass is 16.5. The number of anilines is 1. The van der Waals surface area contributed by atoms with Gasteiger partial charge in [-0.25, -0.2) is 9.97 Å². The Hall–Kier alpha value is -3.08.